The van der Waals surface area contributed by atoms with E-state index in [-0.39, 0.29) is 41.7 Å². The Morgan fingerprint density at radius 1 is 1.05 bits per heavy atom. The lowest BCUT2D eigenvalue weighted by molar-refractivity contribution is -0.138. The minimum atomic E-state index is -3.90. The molecule has 0 bridgehead atoms. The highest BCUT2D eigenvalue weighted by Gasteiger charge is 2.38. The van der Waals surface area contributed by atoms with E-state index < -0.39 is 16.1 Å². The fraction of sp³-hybridized carbons (Fsp3) is 0.407. The number of carbonyl (C=O) groups is 1. The van der Waals surface area contributed by atoms with Crippen molar-refractivity contribution in [3.8, 4) is 5.75 Å². The molecule has 0 radical (unpaired) electrons. The normalized spacial score (nSPS) is 18.8. The van der Waals surface area contributed by atoms with E-state index in [9.17, 15) is 13.2 Å². The zero-order valence-electron chi connectivity index (χ0n) is 21.2. The van der Waals surface area contributed by atoms with Gasteiger partial charge in [-0.05, 0) is 42.8 Å². The van der Waals surface area contributed by atoms with Gasteiger partial charge in [0.15, 0.2) is 0 Å². The number of piperidine rings is 1. The van der Waals surface area contributed by atoms with Crippen molar-refractivity contribution >= 4 is 27.5 Å². The SMILES string of the molecule is Cc1cccc(Cl)c1S(=O)(=O)N1CCn2cccc2C1COCC(=O)N1CCC(Oc2ccncc2)CC1. The van der Waals surface area contributed by atoms with Crippen LogP contribution in [0.3, 0.4) is 0 Å². The van der Waals surface area contributed by atoms with Gasteiger partial charge in [0.25, 0.3) is 0 Å². The van der Waals surface area contributed by atoms with E-state index in [0.717, 1.165) is 24.3 Å². The van der Waals surface area contributed by atoms with Gasteiger partial charge in [0, 0.05) is 63.3 Å². The maximum absolute atomic E-state index is 13.8. The van der Waals surface area contributed by atoms with E-state index >= 15 is 0 Å². The average Bonchev–Trinajstić information content (AvgIpc) is 3.39. The molecule has 0 aliphatic carbocycles. The molecule has 202 valence electrons. The topological polar surface area (TPSA) is 94.0 Å². The predicted octanol–water partition coefficient (Wildman–Crippen LogP) is 3.68. The number of likely N-dealkylation sites (tertiary alicyclic amines) is 1. The summed E-state index contributed by atoms with van der Waals surface area (Å²) in [5.41, 5.74) is 1.41. The number of rotatable bonds is 8. The lowest BCUT2D eigenvalue weighted by Crippen LogP contribution is -2.45. The van der Waals surface area contributed by atoms with Crippen LogP contribution in [0, 0.1) is 6.92 Å². The van der Waals surface area contributed by atoms with Gasteiger partial charge in [-0.15, -0.1) is 0 Å². The number of halogens is 1. The molecule has 1 fully saturated rings. The number of nitrogens with zero attached hydrogens (tertiary/aromatic N) is 4. The third-order valence-corrected chi connectivity index (χ3v) is 9.63. The van der Waals surface area contributed by atoms with E-state index in [4.69, 9.17) is 21.1 Å². The summed E-state index contributed by atoms with van der Waals surface area (Å²) >= 11 is 6.34. The quantitative estimate of drug-likeness (QED) is 0.419. The molecule has 2 aliphatic rings. The van der Waals surface area contributed by atoms with Gasteiger partial charge in [-0.3, -0.25) is 9.78 Å². The van der Waals surface area contributed by atoms with Gasteiger partial charge in [-0.1, -0.05) is 23.7 Å². The lowest BCUT2D eigenvalue weighted by atomic mass is 10.1. The molecule has 9 nitrogen and oxygen atoms in total. The van der Waals surface area contributed by atoms with Crippen LogP contribution in [0.25, 0.3) is 0 Å². The van der Waals surface area contributed by atoms with Crippen molar-refractivity contribution in [1.29, 1.82) is 0 Å². The number of aromatic nitrogens is 2. The molecule has 38 heavy (non-hydrogen) atoms. The van der Waals surface area contributed by atoms with Crippen molar-refractivity contribution in [2.75, 3.05) is 32.8 Å². The van der Waals surface area contributed by atoms with E-state index in [1.54, 1.807) is 42.4 Å². The Balaban J connectivity index is 1.21. The van der Waals surface area contributed by atoms with Crippen molar-refractivity contribution in [2.24, 2.45) is 0 Å². The van der Waals surface area contributed by atoms with E-state index in [2.05, 4.69) is 4.98 Å². The van der Waals surface area contributed by atoms with Crippen LogP contribution >= 0.6 is 11.6 Å². The average molecular weight is 559 g/mol. The molecule has 0 N–H and O–H groups in total. The first kappa shape index (κ1) is 26.7. The Morgan fingerprint density at radius 2 is 1.82 bits per heavy atom. The van der Waals surface area contributed by atoms with Gasteiger partial charge < -0.3 is 18.9 Å². The first-order chi connectivity index (χ1) is 18.3. The summed E-state index contributed by atoms with van der Waals surface area (Å²) in [4.78, 5) is 18.8. The molecule has 0 spiro atoms. The zero-order valence-corrected chi connectivity index (χ0v) is 22.8. The Labute approximate surface area is 228 Å². The van der Waals surface area contributed by atoms with E-state index in [1.807, 2.05) is 35.0 Å². The van der Waals surface area contributed by atoms with Gasteiger partial charge in [0.2, 0.25) is 15.9 Å². The van der Waals surface area contributed by atoms with Crippen LogP contribution in [0.4, 0.5) is 0 Å². The smallest absolute Gasteiger partial charge is 0.248 e. The minimum absolute atomic E-state index is 0.0458. The highest BCUT2D eigenvalue weighted by atomic mass is 35.5. The molecule has 5 rings (SSSR count). The second kappa shape index (κ2) is 11.4. The number of sulfonamides is 1. The molecular formula is C27H31ClN4O5S. The Kier molecular flexibility index (Phi) is 8.04. The molecule has 1 unspecified atom stereocenters. The van der Waals surface area contributed by atoms with Crippen LogP contribution in [0.5, 0.6) is 5.75 Å². The van der Waals surface area contributed by atoms with Gasteiger partial charge in [0.05, 0.1) is 17.7 Å². The third kappa shape index (κ3) is 5.58. The van der Waals surface area contributed by atoms with Crippen LogP contribution in [-0.4, -0.2) is 72.0 Å². The fourth-order valence-electron chi connectivity index (χ4n) is 5.14. The number of carbonyl (C=O) groups excluding carboxylic acids is 1. The maximum atomic E-state index is 13.8. The summed E-state index contributed by atoms with van der Waals surface area (Å²) in [6, 6.07) is 11.9. The van der Waals surface area contributed by atoms with E-state index in [1.165, 1.54) is 4.31 Å². The first-order valence-corrected chi connectivity index (χ1v) is 14.5. The van der Waals surface area contributed by atoms with Gasteiger partial charge in [-0.2, -0.15) is 4.31 Å². The highest BCUT2D eigenvalue weighted by molar-refractivity contribution is 7.89. The van der Waals surface area contributed by atoms with Crippen molar-refractivity contribution in [3.05, 3.63) is 77.3 Å². The Bertz CT molecular complexity index is 1350. The summed E-state index contributed by atoms with van der Waals surface area (Å²) in [6.07, 6.45) is 6.81. The standard InChI is InChI=1S/C27H31ClN4O5S/c1-20-4-2-5-23(28)27(20)38(34,35)32-17-16-30-13-3-6-24(30)25(32)18-36-19-26(33)31-14-9-22(10-15-31)37-21-7-11-29-12-8-21/h2-8,11-13,22,25H,9-10,14-19H2,1H3. The Morgan fingerprint density at radius 3 is 2.55 bits per heavy atom. The predicted molar refractivity (Wildman–Crippen MR) is 143 cm³/mol. The molecule has 3 aromatic rings. The maximum Gasteiger partial charge on any atom is 0.248 e. The molecule has 11 heteroatoms. The number of hydrogen-bond acceptors (Lipinski definition) is 6. The van der Waals surface area contributed by atoms with Crippen LogP contribution < -0.4 is 4.74 Å². The molecule has 0 saturated carbocycles. The lowest BCUT2D eigenvalue weighted by Gasteiger charge is -2.36. The summed E-state index contributed by atoms with van der Waals surface area (Å²) in [7, 11) is -3.90. The van der Waals surface area contributed by atoms with Crippen molar-refractivity contribution < 1.29 is 22.7 Å². The van der Waals surface area contributed by atoms with Crippen LogP contribution in [-0.2, 0) is 26.1 Å². The van der Waals surface area contributed by atoms with E-state index in [0.29, 0.717) is 25.2 Å². The molecule has 2 aliphatic heterocycles. The molecule has 1 atom stereocenters. The number of ether oxygens (including phenoxy) is 2. The second-order valence-corrected chi connectivity index (χ2v) is 11.8. The molecule has 1 aromatic carbocycles. The first-order valence-electron chi connectivity index (χ1n) is 12.7. The number of fused-ring (bicyclic) bond motifs is 1. The zero-order chi connectivity index (χ0) is 26.7. The fourth-order valence-corrected chi connectivity index (χ4v) is 7.51. The highest BCUT2D eigenvalue weighted by Crippen LogP contribution is 2.35. The molecule has 4 heterocycles. The summed E-state index contributed by atoms with van der Waals surface area (Å²) in [5, 5.41) is 0.192. The Hall–Kier alpha value is -2.92. The van der Waals surface area contributed by atoms with Gasteiger partial charge in [-0.25, -0.2) is 8.42 Å². The molecule has 1 saturated heterocycles. The minimum Gasteiger partial charge on any atom is -0.490 e. The van der Waals surface area contributed by atoms with Crippen molar-refractivity contribution in [3.63, 3.8) is 0 Å². The molecule has 1 amide bonds. The second-order valence-electron chi connectivity index (χ2n) is 9.54. The monoisotopic (exact) mass is 558 g/mol. The van der Waals surface area contributed by atoms with Crippen molar-refractivity contribution in [1.82, 2.24) is 18.8 Å². The largest absolute Gasteiger partial charge is 0.490 e. The number of aryl methyl sites for hydroxylation is 1. The van der Waals surface area contributed by atoms with Crippen molar-refractivity contribution in [2.45, 2.75) is 43.4 Å². The number of benzene rings is 1. The summed E-state index contributed by atoms with van der Waals surface area (Å²) in [6.45, 7) is 3.64. The third-order valence-electron chi connectivity index (χ3n) is 7.09. The van der Waals surface area contributed by atoms with Crippen LogP contribution in [0.2, 0.25) is 5.02 Å². The molecular weight excluding hydrogens is 528 g/mol. The van der Waals surface area contributed by atoms with Gasteiger partial charge >= 0.3 is 0 Å². The number of amides is 1. The molecule has 2 aromatic heterocycles. The summed E-state index contributed by atoms with van der Waals surface area (Å²) < 4.78 is 42.9. The van der Waals surface area contributed by atoms with Crippen LogP contribution in [0.15, 0.2) is 66.0 Å². The van der Waals surface area contributed by atoms with Gasteiger partial charge in [0.1, 0.15) is 23.4 Å². The van der Waals surface area contributed by atoms with Crippen LogP contribution in [0.1, 0.15) is 30.1 Å². The number of pyridine rings is 1. The summed E-state index contributed by atoms with van der Waals surface area (Å²) in [5.74, 6) is 0.659. The number of hydrogen-bond donors (Lipinski definition) is 0.